The van der Waals surface area contributed by atoms with Crippen LogP contribution in [0, 0.1) is 5.92 Å². The van der Waals surface area contributed by atoms with E-state index in [1.807, 2.05) is 12.4 Å². The van der Waals surface area contributed by atoms with Crippen LogP contribution in [0.1, 0.15) is 24.3 Å². The molecule has 5 nitrogen and oxygen atoms in total. The third kappa shape index (κ3) is 1.72. The molecular formula is C10H14N4O. The minimum atomic E-state index is -0.491. The fourth-order valence-electron chi connectivity index (χ4n) is 1.60. The summed E-state index contributed by atoms with van der Waals surface area (Å²) >= 11 is 0. The molecule has 2 heterocycles. The van der Waals surface area contributed by atoms with Crippen molar-refractivity contribution in [3.63, 3.8) is 0 Å². The van der Waals surface area contributed by atoms with Crippen molar-refractivity contribution < 1.29 is 4.79 Å². The Morgan fingerprint density at radius 3 is 2.87 bits per heavy atom. The second-order valence-corrected chi connectivity index (χ2v) is 4.04. The molecule has 2 N–H and O–H groups in total. The first-order valence-electron chi connectivity index (χ1n) is 4.92. The maximum Gasteiger partial charge on any atom is 0.269 e. The highest BCUT2D eigenvalue weighted by Gasteiger charge is 2.10. The molecule has 2 aromatic heterocycles. The number of hydrogen-bond donors (Lipinski definition) is 1. The second kappa shape index (κ2) is 3.42. The third-order valence-corrected chi connectivity index (χ3v) is 2.21. The molecule has 0 spiro atoms. The van der Waals surface area contributed by atoms with Crippen LogP contribution < -0.4 is 5.73 Å². The van der Waals surface area contributed by atoms with Gasteiger partial charge >= 0.3 is 0 Å². The monoisotopic (exact) mass is 206 g/mol. The van der Waals surface area contributed by atoms with Gasteiger partial charge in [0.2, 0.25) is 0 Å². The van der Waals surface area contributed by atoms with Crippen molar-refractivity contribution in [1.29, 1.82) is 0 Å². The van der Waals surface area contributed by atoms with Crippen LogP contribution in [0.15, 0.2) is 18.5 Å². The number of carbonyl (C=O) groups excluding carboxylic acids is 1. The lowest BCUT2D eigenvalue weighted by Gasteiger charge is -2.05. The summed E-state index contributed by atoms with van der Waals surface area (Å²) in [5.74, 6) is 0.0583. The molecule has 0 saturated carbocycles. The molecule has 0 saturated heterocycles. The van der Waals surface area contributed by atoms with Crippen LogP contribution in [0.5, 0.6) is 0 Å². The SMILES string of the molecule is CC(C)Cn1ccn2nc(C(N)=O)cc12. The summed E-state index contributed by atoms with van der Waals surface area (Å²) < 4.78 is 3.73. The average molecular weight is 206 g/mol. The predicted molar refractivity (Wildman–Crippen MR) is 56.5 cm³/mol. The van der Waals surface area contributed by atoms with E-state index in [9.17, 15) is 4.79 Å². The number of imidazole rings is 1. The van der Waals surface area contributed by atoms with Crippen LogP contribution in [0.25, 0.3) is 5.65 Å². The first-order valence-corrected chi connectivity index (χ1v) is 4.92. The van der Waals surface area contributed by atoms with Gasteiger partial charge in [0.15, 0.2) is 5.69 Å². The lowest BCUT2D eigenvalue weighted by atomic mass is 10.2. The van der Waals surface area contributed by atoms with Crippen LogP contribution in [-0.4, -0.2) is 20.1 Å². The van der Waals surface area contributed by atoms with E-state index in [1.54, 1.807) is 10.6 Å². The average Bonchev–Trinajstić information content (AvgIpc) is 2.66. The van der Waals surface area contributed by atoms with E-state index in [4.69, 9.17) is 5.73 Å². The van der Waals surface area contributed by atoms with E-state index in [0.29, 0.717) is 11.6 Å². The number of nitrogens with two attached hydrogens (primary N) is 1. The maximum absolute atomic E-state index is 10.9. The molecule has 5 heteroatoms. The van der Waals surface area contributed by atoms with Crippen LogP contribution in [-0.2, 0) is 6.54 Å². The van der Waals surface area contributed by atoms with Gasteiger partial charge < -0.3 is 10.3 Å². The Labute approximate surface area is 87.5 Å². The van der Waals surface area contributed by atoms with Gasteiger partial charge in [-0.15, -0.1) is 0 Å². The van der Waals surface area contributed by atoms with Crippen LogP contribution in [0.3, 0.4) is 0 Å². The normalized spacial score (nSPS) is 11.4. The minimum Gasteiger partial charge on any atom is -0.364 e. The molecule has 0 aliphatic carbocycles. The standard InChI is InChI=1S/C10H14N4O/c1-7(2)6-13-3-4-14-9(13)5-8(12-14)10(11)15/h3-5,7H,6H2,1-2H3,(H2,11,15). The van der Waals surface area contributed by atoms with Crippen LogP contribution >= 0.6 is 0 Å². The highest BCUT2D eigenvalue weighted by molar-refractivity contribution is 5.91. The van der Waals surface area contributed by atoms with Crippen LogP contribution in [0.4, 0.5) is 0 Å². The van der Waals surface area contributed by atoms with Gasteiger partial charge in [-0.25, -0.2) is 4.52 Å². The molecule has 0 fully saturated rings. The van der Waals surface area contributed by atoms with E-state index in [0.717, 1.165) is 12.2 Å². The zero-order chi connectivity index (χ0) is 11.0. The summed E-state index contributed by atoms with van der Waals surface area (Å²) in [6, 6.07) is 1.71. The predicted octanol–water partition coefficient (Wildman–Crippen LogP) is 0.891. The lowest BCUT2D eigenvalue weighted by Crippen LogP contribution is -2.11. The van der Waals surface area contributed by atoms with Crippen molar-refractivity contribution >= 4 is 11.6 Å². The van der Waals surface area contributed by atoms with Gasteiger partial charge in [0.1, 0.15) is 5.65 Å². The quantitative estimate of drug-likeness (QED) is 0.810. The Kier molecular flexibility index (Phi) is 2.22. The molecule has 0 bridgehead atoms. The van der Waals surface area contributed by atoms with E-state index in [-0.39, 0.29) is 0 Å². The van der Waals surface area contributed by atoms with Gasteiger partial charge in [0.25, 0.3) is 5.91 Å². The lowest BCUT2D eigenvalue weighted by molar-refractivity contribution is 0.0995. The zero-order valence-electron chi connectivity index (χ0n) is 8.84. The van der Waals surface area contributed by atoms with Crippen molar-refractivity contribution in [2.75, 3.05) is 0 Å². The number of primary amides is 1. The first kappa shape index (κ1) is 9.76. The molecule has 0 aromatic carbocycles. The molecule has 0 radical (unpaired) electrons. The highest BCUT2D eigenvalue weighted by Crippen LogP contribution is 2.10. The smallest absolute Gasteiger partial charge is 0.269 e. The van der Waals surface area contributed by atoms with Gasteiger partial charge in [-0.1, -0.05) is 13.8 Å². The van der Waals surface area contributed by atoms with E-state index >= 15 is 0 Å². The number of aromatic nitrogens is 3. The second-order valence-electron chi connectivity index (χ2n) is 4.04. The third-order valence-electron chi connectivity index (χ3n) is 2.21. The molecule has 0 unspecified atom stereocenters. The van der Waals surface area contributed by atoms with Crippen molar-refractivity contribution in [2.24, 2.45) is 11.7 Å². The maximum atomic E-state index is 10.9. The van der Waals surface area contributed by atoms with Gasteiger partial charge in [-0.2, -0.15) is 5.10 Å². The Hall–Kier alpha value is -1.78. The Morgan fingerprint density at radius 2 is 2.27 bits per heavy atom. The molecule has 0 atom stereocenters. The number of nitrogens with zero attached hydrogens (tertiary/aromatic N) is 3. The van der Waals surface area contributed by atoms with Gasteiger partial charge in [0.05, 0.1) is 0 Å². The fourth-order valence-corrected chi connectivity index (χ4v) is 1.60. The van der Waals surface area contributed by atoms with Crippen LogP contribution in [0.2, 0.25) is 0 Å². The molecule has 0 aliphatic heterocycles. The molecule has 2 rings (SSSR count). The summed E-state index contributed by atoms with van der Waals surface area (Å²) in [5.41, 5.74) is 6.37. The van der Waals surface area contributed by atoms with Crippen molar-refractivity contribution in [1.82, 2.24) is 14.2 Å². The first-order chi connectivity index (χ1) is 7.08. The van der Waals surface area contributed by atoms with Gasteiger partial charge in [0, 0.05) is 25.0 Å². The van der Waals surface area contributed by atoms with Crippen molar-refractivity contribution in [2.45, 2.75) is 20.4 Å². The summed E-state index contributed by atoms with van der Waals surface area (Å²) in [7, 11) is 0. The van der Waals surface area contributed by atoms with E-state index in [2.05, 4.69) is 23.5 Å². The number of hydrogen-bond acceptors (Lipinski definition) is 2. The summed E-state index contributed by atoms with van der Waals surface area (Å²) in [5, 5.41) is 4.06. The number of rotatable bonds is 3. The Morgan fingerprint density at radius 1 is 1.53 bits per heavy atom. The molecular weight excluding hydrogens is 192 g/mol. The molecule has 1 amide bonds. The fraction of sp³-hybridized carbons (Fsp3) is 0.400. The largest absolute Gasteiger partial charge is 0.364 e. The van der Waals surface area contributed by atoms with Gasteiger partial charge in [-0.05, 0) is 5.92 Å². The minimum absolute atomic E-state index is 0.308. The number of fused-ring (bicyclic) bond motifs is 1. The van der Waals surface area contributed by atoms with E-state index < -0.39 is 5.91 Å². The zero-order valence-corrected chi connectivity index (χ0v) is 8.84. The topological polar surface area (TPSA) is 65.3 Å². The summed E-state index contributed by atoms with van der Waals surface area (Å²) in [6.45, 7) is 5.18. The summed E-state index contributed by atoms with van der Waals surface area (Å²) in [4.78, 5) is 10.9. The molecule has 0 aliphatic rings. The number of carbonyl (C=O) groups is 1. The van der Waals surface area contributed by atoms with Gasteiger partial charge in [-0.3, -0.25) is 4.79 Å². The van der Waals surface area contributed by atoms with Crippen molar-refractivity contribution in [3.05, 3.63) is 24.2 Å². The van der Waals surface area contributed by atoms with Crippen molar-refractivity contribution in [3.8, 4) is 0 Å². The molecule has 15 heavy (non-hydrogen) atoms. The highest BCUT2D eigenvalue weighted by atomic mass is 16.1. The Bertz CT molecular complexity index is 494. The Balaban J connectivity index is 2.44. The molecule has 80 valence electrons. The summed E-state index contributed by atoms with van der Waals surface area (Å²) in [6.07, 6.45) is 3.78. The number of amides is 1. The molecule has 2 aromatic rings. The van der Waals surface area contributed by atoms with E-state index in [1.165, 1.54) is 0 Å².